The summed E-state index contributed by atoms with van der Waals surface area (Å²) in [6, 6.07) is 8.22. The van der Waals surface area contributed by atoms with Gasteiger partial charge in [0, 0.05) is 21.7 Å². The van der Waals surface area contributed by atoms with Crippen LogP contribution >= 0.6 is 31.9 Å². The Morgan fingerprint density at radius 3 is 2.05 bits per heavy atom. The summed E-state index contributed by atoms with van der Waals surface area (Å²) in [5.41, 5.74) is 6.45. The lowest BCUT2D eigenvalue weighted by atomic mass is 10.3. The molecule has 0 aliphatic carbocycles. The molecular weight excluding hydrogens is 427 g/mol. The van der Waals surface area contributed by atoms with E-state index in [1.807, 2.05) is 0 Å². The van der Waals surface area contributed by atoms with E-state index in [2.05, 4.69) is 31.9 Å². The van der Waals surface area contributed by atoms with Gasteiger partial charge in [-0.25, -0.2) is 12.8 Å². The molecule has 0 atom stereocenters. The number of nitrogen functional groups attached to an aromatic ring is 1. The van der Waals surface area contributed by atoms with Gasteiger partial charge in [0.2, 0.25) is 0 Å². The lowest BCUT2D eigenvalue weighted by Crippen LogP contribution is -2.27. The van der Waals surface area contributed by atoms with E-state index in [1.165, 1.54) is 43.4 Å². The van der Waals surface area contributed by atoms with Crippen molar-refractivity contribution in [2.45, 2.75) is 4.90 Å². The van der Waals surface area contributed by atoms with Crippen molar-refractivity contribution in [1.82, 2.24) is 0 Å². The van der Waals surface area contributed by atoms with Crippen molar-refractivity contribution < 1.29 is 12.8 Å². The molecule has 0 aliphatic rings. The number of nitrogens with zero attached hydrogens (tertiary/aromatic N) is 1. The van der Waals surface area contributed by atoms with Crippen molar-refractivity contribution in [1.29, 1.82) is 0 Å². The first-order valence-corrected chi connectivity index (χ1v) is 8.75. The van der Waals surface area contributed by atoms with Crippen molar-refractivity contribution in [3.8, 4) is 0 Å². The Kier molecular flexibility index (Phi) is 4.60. The van der Waals surface area contributed by atoms with E-state index in [0.29, 0.717) is 20.3 Å². The number of sulfonamides is 1. The minimum atomic E-state index is -3.82. The number of halogens is 3. The van der Waals surface area contributed by atoms with Crippen LogP contribution in [0.4, 0.5) is 15.8 Å². The van der Waals surface area contributed by atoms with Crippen LogP contribution in [0, 0.1) is 5.82 Å². The van der Waals surface area contributed by atoms with Crippen LogP contribution in [0.3, 0.4) is 0 Å². The van der Waals surface area contributed by atoms with E-state index < -0.39 is 15.8 Å². The van der Waals surface area contributed by atoms with E-state index >= 15 is 0 Å². The molecule has 0 bridgehead atoms. The average Bonchev–Trinajstić information content (AvgIpc) is 2.37. The van der Waals surface area contributed by atoms with Gasteiger partial charge in [0.15, 0.2) is 0 Å². The molecule has 0 aromatic heterocycles. The zero-order valence-electron chi connectivity index (χ0n) is 10.8. The summed E-state index contributed by atoms with van der Waals surface area (Å²) in [4.78, 5) is 0.0588. The Balaban J connectivity index is 2.54. The third-order valence-electron chi connectivity index (χ3n) is 2.83. The van der Waals surface area contributed by atoms with Crippen molar-refractivity contribution in [3.05, 3.63) is 51.2 Å². The third-order valence-corrected chi connectivity index (χ3v) is 6.49. The number of anilines is 2. The maximum absolute atomic E-state index is 12.9. The predicted molar refractivity (Wildman–Crippen MR) is 88.2 cm³/mol. The van der Waals surface area contributed by atoms with E-state index in [1.54, 1.807) is 0 Å². The second-order valence-corrected chi connectivity index (χ2v) is 7.88. The Labute approximate surface area is 139 Å². The normalized spacial score (nSPS) is 11.4. The number of hydrogen-bond acceptors (Lipinski definition) is 3. The fourth-order valence-corrected chi connectivity index (χ4v) is 5.49. The molecule has 0 spiro atoms. The van der Waals surface area contributed by atoms with E-state index in [0.717, 1.165) is 4.31 Å². The number of rotatable bonds is 3. The zero-order chi connectivity index (χ0) is 15.8. The molecule has 2 N–H and O–H groups in total. The molecule has 0 saturated heterocycles. The van der Waals surface area contributed by atoms with E-state index in [4.69, 9.17) is 5.73 Å². The van der Waals surface area contributed by atoms with Gasteiger partial charge in [0.1, 0.15) is 10.7 Å². The molecular formula is C13H11Br2FN2O2S. The maximum Gasteiger partial charge on any atom is 0.266 e. The van der Waals surface area contributed by atoms with Gasteiger partial charge in [-0.3, -0.25) is 4.31 Å². The first-order chi connectivity index (χ1) is 9.73. The fraction of sp³-hybridized carbons (Fsp3) is 0.0769. The number of hydrogen-bond donors (Lipinski definition) is 1. The molecule has 0 fully saturated rings. The van der Waals surface area contributed by atoms with Crippen LogP contribution in [-0.2, 0) is 10.0 Å². The topological polar surface area (TPSA) is 63.4 Å². The molecule has 0 unspecified atom stereocenters. The van der Waals surface area contributed by atoms with Crippen LogP contribution in [0.2, 0.25) is 0 Å². The van der Waals surface area contributed by atoms with Crippen LogP contribution < -0.4 is 10.0 Å². The molecule has 21 heavy (non-hydrogen) atoms. The fourth-order valence-electron chi connectivity index (χ4n) is 1.75. The summed E-state index contributed by atoms with van der Waals surface area (Å²) in [6.07, 6.45) is 0. The molecule has 0 radical (unpaired) electrons. The number of benzene rings is 2. The van der Waals surface area contributed by atoms with Crippen molar-refractivity contribution >= 4 is 53.3 Å². The highest BCUT2D eigenvalue weighted by Crippen LogP contribution is 2.35. The van der Waals surface area contributed by atoms with Crippen LogP contribution in [0.25, 0.3) is 0 Å². The minimum Gasteiger partial charge on any atom is -0.399 e. The molecule has 4 nitrogen and oxygen atoms in total. The highest BCUT2D eigenvalue weighted by molar-refractivity contribution is 9.11. The predicted octanol–water partition coefficient (Wildman–Crippen LogP) is 3.76. The zero-order valence-corrected chi connectivity index (χ0v) is 14.8. The van der Waals surface area contributed by atoms with E-state index in [9.17, 15) is 12.8 Å². The molecule has 112 valence electrons. The largest absolute Gasteiger partial charge is 0.399 e. The molecule has 2 aromatic rings. The Morgan fingerprint density at radius 2 is 1.57 bits per heavy atom. The van der Waals surface area contributed by atoms with Crippen LogP contribution in [0.15, 0.2) is 50.2 Å². The van der Waals surface area contributed by atoms with Gasteiger partial charge < -0.3 is 5.73 Å². The summed E-state index contributed by atoms with van der Waals surface area (Å²) >= 11 is 6.42. The highest BCUT2D eigenvalue weighted by atomic mass is 79.9. The maximum atomic E-state index is 12.9. The van der Waals surface area contributed by atoms with Gasteiger partial charge >= 0.3 is 0 Å². The standard InChI is InChI=1S/C13H11Br2FN2O2S/c1-18(10-4-2-8(16)3-5-10)21(19,20)13-11(14)6-9(17)7-12(13)15/h2-7H,17H2,1H3. The minimum absolute atomic E-state index is 0.0588. The van der Waals surface area contributed by atoms with Gasteiger partial charge in [-0.15, -0.1) is 0 Å². The van der Waals surface area contributed by atoms with Crippen LogP contribution in [-0.4, -0.2) is 15.5 Å². The summed E-state index contributed by atoms with van der Waals surface area (Å²) in [5, 5.41) is 0. The lowest BCUT2D eigenvalue weighted by Gasteiger charge is -2.21. The van der Waals surface area contributed by atoms with Crippen LogP contribution in [0.1, 0.15) is 0 Å². The van der Waals surface area contributed by atoms with Crippen molar-refractivity contribution in [2.75, 3.05) is 17.1 Å². The Hall–Kier alpha value is -1.12. The van der Waals surface area contributed by atoms with Gasteiger partial charge in [-0.1, -0.05) is 0 Å². The third kappa shape index (κ3) is 3.22. The van der Waals surface area contributed by atoms with E-state index in [-0.39, 0.29) is 4.90 Å². The Bertz CT molecular complexity index is 756. The summed E-state index contributed by atoms with van der Waals surface area (Å²) in [5.74, 6) is -0.431. The van der Waals surface area contributed by atoms with Crippen molar-refractivity contribution in [2.24, 2.45) is 0 Å². The molecule has 0 amide bonds. The number of nitrogens with two attached hydrogens (primary N) is 1. The first kappa shape index (κ1) is 16.3. The molecule has 2 aromatic carbocycles. The molecule has 0 saturated carbocycles. The quantitative estimate of drug-likeness (QED) is 0.743. The lowest BCUT2D eigenvalue weighted by molar-refractivity contribution is 0.593. The van der Waals surface area contributed by atoms with Crippen molar-refractivity contribution in [3.63, 3.8) is 0 Å². The van der Waals surface area contributed by atoms with Crippen LogP contribution in [0.5, 0.6) is 0 Å². The average molecular weight is 438 g/mol. The second kappa shape index (κ2) is 5.94. The first-order valence-electron chi connectivity index (χ1n) is 5.72. The smallest absolute Gasteiger partial charge is 0.266 e. The Morgan fingerprint density at radius 1 is 1.10 bits per heavy atom. The second-order valence-electron chi connectivity index (χ2n) is 4.26. The van der Waals surface area contributed by atoms with Gasteiger partial charge in [-0.2, -0.15) is 0 Å². The summed E-state index contributed by atoms with van der Waals surface area (Å²) in [7, 11) is -2.42. The van der Waals surface area contributed by atoms with Gasteiger partial charge in [0.25, 0.3) is 10.0 Å². The highest BCUT2D eigenvalue weighted by Gasteiger charge is 2.27. The van der Waals surface area contributed by atoms with Gasteiger partial charge in [-0.05, 0) is 68.3 Å². The molecule has 8 heteroatoms. The summed E-state index contributed by atoms with van der Waals surface area (Å²) < 4.78 is 40.1. The van der Waals surface area contributed by atoms with Gasteiger partial charge in [0.05, 0.1) is 5.69 Å². The molecule has 0 heterocycles. The molecule has 0 aliphatic heterocycles. The molecule has 2 rings (SSSR count). The SMILES string of the molecule is CN(c1ccc(F)cc1)S(=O)(=O)c1c(Br)cc(N)cc1Br. The summed E-state index contributed by atoms with van der Waals surface area (Å²) in [6.45, 7) is 0. The monoisotopic (exact) mass is 436 g/mol.